The Morgan fingerprint density at radius 2 is 2.07 bits per heavy atom. The van der Waals surface area contributed by atoms with Crippen LogP contribution >= 0.6 is 11.3 Å². The number of rotatable bonds is 6. The molecule has 0 saturated heterocycles. The van der Waals surface area contributed by atoms with Crippen LogP contribution in [0.2, 0.25) is 0 Å². The zero-order chi connectivity index (χ0) is 18.9. The summed E-state index contributed by atoms with van der Waals surface area (Å²) in [7, 11) is 0. The number of fused-ring (bicyclic) bond motifs is 4. The summed E-state index contributed by atoms with van der Waals surface area (Å²) in [6.07, 6.45) is 5.56. The van der Waals surface area contributed by atoms with Gasteiger partial charge in [-0.25, -0.2) is 9.97 Å². The summed E-state index contributed by atoms with van der Waals surface area (Å²) in [5.41, 5.74) is 1.38. The molecule has 146 valence electrons. The first-order valence-corrected chi connectivity index (χ1v) is 10.3. The molecular weight excluding hydrogens is 378 g/mol. The number of anilines is 1. The third kappa shape index (κ3) is 3.33. The highest BCUT2D eigenvalue weighted by atomic mass is 32.1. The Hall–Kier alpha value is -2.58. The molecule has 0 bridgehead atoms. The second kappa shape index (κ2) is 7.44. The van der Waals surface area contributed by atoms with E-state index in [2.05, 4.69) is 15.3 Å². The molecule has 0 amide bonds. The summed E-state index contributed by atoms with van der Waals surface area (Å²) in [5, 5.41) is 14.7. The number of hydrogen-bond donors (Lipinski definition) is 2. The summed E-state index contributed by atoms with van der Waals surface area (Å²) in [5.74, 6) is 2.81. The maximum atomic E-state index is 10.3. The number of aryl methyl sites for hydroxylation is 2. The van der Waals surface area contributed by atoms with Gasteiger partial charge in [-0.3, -0.25) is 0 Å². The molecule has 7 nitrogen and oxygen atoms in total. The van der Waals surface area contributed by atoms with Crippen molar-refractivity contribution in [3.8, 4) is 17.2 Å². The van der Waals surface area contributed by atoms with Gasteiger partial charge in [-0.05, 0) is 43.4 Å². The van der Waals surface area contributed by atoms with Crippen LogP contribution in [0.1, 0.15) is 23.3 Å². The summed E-state index contributed by atoms with van der Waals surface area (Å²) >= 11 is 1.77. The van der Waals surface area contributed by atoms with E-state index in [1.807, 2.05) is 0 Å². The van der Waals surface area contributed by atoms with Gasteiger partial charge in [-0.15, -0.1) is 11.3 Å². The lowest BCUT2D eigenvalue weighted by atomic mass is 9.97. The Kier molecular flexibility index (Phi) is 4.66. The summed E-state index contributed by atoms with van der Waals surface area (Å²) < 4.78 is 16.3. The molecule has 1 aromatic carbocycles. The van der Waals surface area contributed by atoms with Gasteiger partial charge >= 0.3 is 0 Å². The highest BCUT2D eigenvalue weighted by Crippen LogP contribution is 2.38. The molecule has 2 N–H and O–H groups in total. The molecule has 1 atom stereocenters. The average molecular weight is 399 g/mol. The van der Waals surface area contributed by atoms with Crippen molar-refractivity contribution in [1.29, 1.82) is 0 Å². The molecule has 0 fully saturated rings. The number of aromatic nitrogens is 2. The molecule has 1 aliphatic heterocycles. The topological polar surface area (TPSA) is 85.7 Å². The molecule has 1 aliphatic carbocycles. The van der Waals surface area contributed by atoms with Crippen LogP contribution < -0.4 is 19.5 Å². The first-order chi connectivity index (χ1) is 13.8. The lowest BCUT2D eigenvalue weighted by molar-refractivity contribution is 0.117. The van der Waals surface area contributed by atoms with E-state index in [0.29, 0.717) is 23.8 Å². The van der Waals surface area contributed by atoms with E-state index in [0.717, 1.165) is 28.9 Å². The number of nitrogens with one attached hydrogen (secondary N) is 1. The minimum atomic E-state index is -0.676. The largest absolute Gasteiger partial charge is 0.491 e. The SMILES string of the molecule is OC(CNc1ncnc2sc3c(c12)CCCC3)COc1ccc2c(c1)OCO2. The summed E-state index contributed by atoms with van der Waals surface area (Å²) in [6.45, 7) is 0.745. The second-order valence-electron chi connectivity index (χ2n) is 6.97. The fraction of sp³-hybridized carbons (Fsp3) is 0.400. The molecule has 2 aliphatic rings. The molecule has 8 heteroatoms. The van der Waals surface area contributed by atoms with Crippen LogP contribution in [0.15, 0.2) is 24.5 Å². The van der Waals surface area contributed by atoms with Gasteiger partial charge in [0.05, 0.1) is 5.39 Å². The van der Waals surface area contributed by atoms with Gasteiger partial charge in [0, 0.05) is 17.5 Å². The van der Waals surface area contributed by atoms with Crippen LogP contribution in [0.25, 0.3) is 10.2 Å². The van der Waals surface area contributed by atoms with Crippen molar-refractivity contribution in [1.82, 2.24) is 9.97 Å². The molecule has 0 spiro atoms. The molecule has 3 heterocycles. The lowest BCUT2D eigenvalue weighted by Gasteiger charge is -2.15. The second-order valence-corrected chi connectivity index (χ2v) is 8.06. The Morgan fingerprint density at radius 3 is 3.04 bits per heavy atom. The van der Waals surface area contributed by atoms with Gasteiger partial charge in [0.2, 0.25) is 6.79 Å². The Morgan fingerprint density at radius 1 is 1.18 bits per heavy atom. The summed E-state index contributed by atoms with van der Waals surface area (Å²) in [6, 6.07) is 5.38. The van der Waals surface area contributed by atoms with Gasteiger partial charge in [-0.1, -0.05) is 0 Å². The first-order valence-electron chi connectivity index (χ1n) is 9.47. The average Bonchev–Trinajstić information content (AvgIpc) is 3.34. The van der Waals surface area contributed by atoms with E-state index in [-0.39, 0.29) is 13.4 Å². The summed E-state index contributed by atoms with van der Waals surface area (Å²) in [4.78, 5) is 11.3. The van der Waals surface area contributed by atoms with Crippen molar-refractivity contribution in [2.45, 2.75) is 31.8 Å². The smallest absolute Gasteiger partial charge is 0.231 e. The van der Waals surface area contributed by atoms with Crippen LogP contribution in [0.3, 0.4) is 0 Å². The van der Waals surface area contributed by atoms with Crippen molar-refractivity contribution in [2.24, 2.45) is 0 Å². The number of benzene rings is 1. The van der Waals surface area contributed by atoms with Gasteiger partial charge in [0.15, 0.2) is 11.5 Å². The van der Waals surface area contributed by atoms with Crippen molar-refractivity contribution in [3.05, 3.63) is 35.0 Å². The van der Waals surface area contributed by atoms with Crippen LogP contribution in [-0.4, -0.2) is 41.1 Å². The molecule has 1 unspecified atom stereocenters. The molecule has 28 heavy (non-hydrogen) atoms. The van der Waals surface area contributed by atoms with Crippen LogP contribution in [-0.2, 0) is 12.8 Å². The number of hydrogen-bond acceptors (Lipinski definition) is 8. The number of thiophene rings is 1. The third-order valence-electron chi connectivity index (χ3n) is 5.04. The van der Waals surface area contributed by atoms with Crippen molar-refractivity contribution >= 4 is 27.4 Å². The third-order valence-corrected chi connectivity index (χ3v) is 6.24. The highest BCUT2D eigenvalue weighted by Gasteiger charge is 2.20. The normalized spacial score (nSPS) is 16.0. The number of ether oxygens (including phenoxy) is 3. The highest BCUT2D eigenvalue weighted by molar-refractivity contribution is 7.19. The lowest BCUT2D eigenvalue weighted by Crippen LogP contribution is -2.26. The van der Waals surface area contributed by atoms with Crippen LogP contribution in [0, 0.1) is 0 Å². The van der Waals surface area contributed by atoms with E-state index in [9.17, 15) is 5.11 Å². The molecule has 5 rings (SSSR count). The Labute approximate surface area is 166 Å². The van der Waals surface area contributed by atoms with E-state index in [1.54, 1.807) is 35.9 Å². The minimum Gasteiger partial charge on any atom is -0.491 e. The van der Waals surface area contributed by atoms with Gasteiger partial charge in [0.1, 0.15) is 35.4 Å². The molecule has 2 aromatic heterocycles. The van der Waals surface area contributed by atoms with Crippen LogP contribution in [0.5, 0.6) is 17.2 Å². The maximum absolute atomic E-state index is 10.3. The van der Waals surface area contributed by atoms with E-state index in [1.165, 1.54) is 23.3 Å². The number of aliphatic hydroxyl groups is 1. The predicted octanol–water partition coefficient (Wildman–Crippen LogP) is 3.15. The van der Waals surface area contributed by atoms with Crippen molar-refractivity contribution in [2.75, 3.05) is 25.3 Å². The van der Waals surface area contributed by atoms with Gasteiger partial charge in [0.25, 0.3) is 0 Å². The zero-order valence-corrected chi connectivity index (χ0v) is 16.1. The monoisotopic (exact) mass is 399 g/mol. The first kappa shape index (κ1) is 17.5. The maximum Gasteiger partial charge on any atom is 0.231 e. The fourth-order valence-corrected chi connectivity index (χ4v) is 4.89. The van der Waals surface area contributed by atoms with E-state index < -0.39 is 6.10 Å². The van der Waals surface area contributed by atoms with E-state index >= 15 is 0 Å². The van der Waals surface area contributed by atoms with Gasteiger partial charge < -0.3 is 24.6 Å². The van der Waals surface area contributed by atoms with E-state index in [4.69, 9.17) is 14.2 Å². The van der Waals surface area contributed by atoms with Gasteiger partial charge in [-0.2, -0.15) is 0 Å². The Balaban J connectivity index is 1.23. The predicted molar refractivity (Wildman–Crippen MR) is 107 cm³/mol. The minimum absolute atomic E-state index is 0.169. The molecule has 0 radical (unpaired) electrons. The molecule has 0 saturated carbocycles. The number of aliphatic hydroxyl groups excluding tert-OH is 1. The van der Waals surface area contributed by atoms with Crippen molar-refractivity contribution < 1.29 is 19.3 Å². The van der Waals surface area contributed by atoms with Crippen LogP contribution in [0.4, 0.5) is 5.82 Å². The quantitative estimate of drug-likeness (QED) is 0.658. The fourth-order valence-electron chi connectivity index (χ4n) is 3.66. The Bertz CT molecular complexity index is 1010. The molecular formula is C20H21N3O4S. The number of nitrogens with zero attached hydrogens (tertiary/aromatic N) is 2. The van der Waals surface area contributed by atoms with Crippen molar-refractivity contribution in [3.63, 3.8) is 0 Å². The zero-order valence-electron chi connectivity index (χ0n) is 15.3. The molecule has 3 aromatic rings. The standard InChI is InChI=1S/C20H21N3O4S/c24-12(9-25-13-5-6-15-16(7-13)27-11-26-15)8-21-19-18-14-3-1-2-4-17(14)28-20(18)23-10-22-19/h5-7,10,12,24H,1-4,8-9,11H2,(H,21,22,23).